The number of ether oxygens (including phenoxy) is 2. The van der Waals surface area contributed by atoms with E-state index in [-0.39, 0.29) is 5.82 Å². The van der Waals surface area contributed by atoms with E-state index in [1.54, 1.807) is 7.11 Å². The Morgan fingerprint density at radius 3 is 2.37 bits per heavy atom. The predicted molar refractivity (Wildman–Crippen MR) is 64.7 cm³/mol. The smallest absolute Gasteiger partial charge is 0.251 e. The maximum atomic E-state index is 13.6. The van der Waals surface area contributed by atoms with Gasteiger partial charge in [0.2, 0.25) is 0 Å². The van der Waals surface area contributed by atoms with Crippen molar-refractivity contribution in [2.24, 2.45) is 0 Å². The molecule has 0 aliphatic rings. The van der Waals surface area contributed by atoms with Crippen LogP contribution in [0.3, 0.4) is 0 Å². The van der Waals surface area contributed by atoms with Crippen LogP contribution in [0.2, 0.25) is 0 Å². The second kappa shape index (κ2) is 7.96. The molecule has 1 aromatic rings. The first-order chi connectivity index (χ1) is 9.10. The topological polar surface area (TPSA) is 34.6 Å². The van der Waals surface area contributed by atoms with Crippen LogP contribution in [0.25, 0.3) is 0 Å². The van der Waals surface area contributed by atoms with E-state index in [1.165, 1.54) is 12.0 Å². The van der Waals surface area contributed by atoms with E-state index in [1.807, 2.05) is 0 Å². The van der Waals surface area contributed by atoms with E-state index in [9.17, 15) is 13.2 Å². The third-order valence-electron chi connectivity index (χ3n) is 2.51. The monoisotopic (exact) mass is 278 g/mol. The summed E-state index contributed by atoms with van der Waals surface area (Å²) in [5.74, 6) is -3.73. The number of rotatable bonds is 8. The molecular weight excluding hydrogens is 261 g/mol. The van der Waals surface area contributed by atoms with E-state index in [2.05, 4.69) is 4.98 Å². The Morgan fingerprint density at radius 1 is 1.05 bits per heavy atom. The van der Waals surface area contributed by atoms with Gasteiger partial charge in [-0.1, -0.05) is 0 Å². The van der Waals surface area contributed by atoms with Crippen LogP contribution in [0.5, 0.6) is 0 Å². The maximum absolute atomic E-state index is 13.6. The Balaban J connectivity index is 2.85. The summed E-state index contributed by atoms with van der Waals surface area (Å²) in [4.78, 5) is 4.82. The number of halogens is 3. The highest BCUT2D eigenvalue weighted by Crippen LogP contribution is 2.19. The minimum atomic E-state index is -1.31. The van der Waals surface area contributed by atoms with Crippen LogP contribution in [-0.2, 0) is 9.47 Å². The molecule has 1 aromatic heterocycles. The van der Waals surface area contributed by atoms with Crippen molar-refractivity contribution in [2.45, 2.75) is 6.42 Å². The molecule has 0 N–H and O–H groups in total. The van der Waals surface area contributed by atoms with E-state index in [4.69, 9.17) is 9.47 Å². The summed E-state index contributed by atoms with van der Waals surface area (Å²) in [6.07, 6.45) is 0.611. The molecular formula is C12H17F3N2O2. The molecule has 108 valence electrons. The molecule has 0 fully saturated rings. The third-order valence-corrected chi connectivity index (χ3v) is 2.51. The predicted octanol–water partition coefficient (Wildman–Crippen LogP) is 1.99. The number of hydrogen-bond acceptors (Lipinski definition) is 4. The van der Waals surface area contributed by atoms with E-state index in [0.29, 0.717) is 38.8 Å². The highest BCUT2D eigenvalue weighted by molar-refractivity contribution is 5.40. The lowest BCUT2D eigenvalue weighted by atomic mass is 10.3. The molecule has 1 heterocycles. The van der Waals surface area contributed by atoms with Gasteiger partial charge in [-0.2, -0.15) is 9.37 Å². The SMILES string of the molecule is COCCCN(CCOC)c1nc(F)c(F)cc1F. The fourth-order valence-electron chi connectivity index (χ4n) is 1.58. The zero-order valence-corrected chi connectivity index (χ0v) is 11.0. The van der Waals surface area contributed by atoms with Gasteiger partial charge in [-0.3, -0.25) is 0 Å². The van der Waals surface area contributed by atoms with Crippen LogP contribution in [0.1, 0.15) is 6.42 Å². The van der Waals surface area contributed by atoms with Crippen molar-refractivity contribution in [3.8, 4) is 0 Å². The molecule has 1 rings (SSSR count). The number of pyridine rings is 1. The minimum absolute atomic E-state index is 0.216. The Kier molecular flexibility index (Phi) is 6.58. The zero-order valence-electron chi connectivity index (χ0n) is 11.0. The second-order valence-electron chi connectivity index (χ2n) is 3.89. The summed E-state index contributed by atoms with van der Waals surface area (Å²) < 4.78 is 49.4. The largest absolute Gasteiger partial charge is 0.385 e. The van der Waals surface area contributed by atoms with Crippen LogP contribution in [0.15, 0.2) is 6.07 Å². The maximum Gasteiger partial charge on any atom is 0.251 e. The molecule has 19 heavy (non-hydrogen) atoms. The molecule has 0 saturated heterocycles. The van der Waals surface area contributed by atoms with Gasteiger partial charge in [0.05, 0.1) is 6.61 Å². The number of aromatic nitrogens is 1. The molecule has 0 aliphatic heterocycles. The van der Waals surface area contributed by atoms with E-state index >= 15 is 0 Å². The standard InChI is InChI=1S/C12H17F3N2O2/c1-18-6-3-4-17(5-7-19-2)12-10(14)8-9(13)11(15)16-12/h8H,3-7H2,1-2H3. The molecule has 7 heteroatoms. The summed E-state index contributed by atoms with van der Waals surface area (Å²) in [5, 5.41) is 0. The number of anilines is 1. The van der Waals surface area contributed by atoms with Crippen LogP contribution < -0.4 is 4.90 Å². The molecule has 0 saturated carbocycles. The van der Waals surface area contributed by atoms with Crippen molar-refractivity contribution in [3.63, 3.8) is 0 Å². The van der Waals surface area contributed by atoms with Crippen molar-refractivity contribution in [2.75, 3.05) is 45.4 Å². The molecule has 0 amide bonds. The number of hydrogen-bond donors (Lipinski definition) is 0. The first-order valence-corrected chi connectivity index (χ1v) is 5.84. The van der Waals surface area contributed by atoms with E-state index in [0.717, 1.165) is 0 Å². The average molecular weight is 278 g/mol. The van der Waals surface area contributed by atoms with Gasteiger partial charge in [-0.15, -0.1) is 0 Å². The van der Waals surface area contributed by atoms with Crippen molar-refractivity contribution >= 4 is 5.82 Å². The lowest BCUT2D eigenvalue weighted by Crippen LogP contribution is -2.31. The Labute approximate surface area is 110 Å². The van der Waals surface area contributed by atoms with Crippen molar-refractivity contribution in [1.82, 2.24) is 4.98 Å². The van der Waals surface area contributed by atoms with Crippen LogP contribution in [-0.4, -0.2) is 45.5 Å². The Morgan fingerprint density at radius 2 is 1.74 bits per heavy atom. The van der Waals surface area contributed by atoms with Crippen molar-refractivity contribution in [1.29, 1.82) is 0 Å². The van der Waals surface area contributed by atoms with Gasteiger partial charge in [0.25, 0.3) is 5.95 Å². The van der Waals surface area contributed by atoms with E-state index < -0.39 is 17.6 Å². The molecule has 0 bridgehead atoms. The van der Waals surface area contributed by atoms with Gasteiger partial charge >= 0.3 is 0 Å². The fraction of sp³-hybridized carbons (Fsp3) is 0.583. The number of nitrogens with zero attached hydrogens (tertiary/aromatic N) is 2. The first kappa shape index (κ1) is 15.7. The molecule has 0 radical (unpaired) electrons. The lowest BCUT2D eigenvalue weighted by Gasteiger charge is -2.23. The van der Waals surface area contributed by atoms with Crippen molar-refractivity contribution in [3.05, 3.63) is 23.6 Å². The summed E-state index contributed by atoms with van der Waals surface area (Å²) in [7, 11) is 3.05. The Hall–Kier alpha value is -1.34. The van der Waals surface area contributed by atoms with Gasteiger partial charge in [0.15, 0.2) is 17.5 Å². The van der Waals surface area contributed by atoms with Gasteiger partial charge in [-0.25, -0.2) is 8.78 Å². The molecule has 0 atom stereocenters. The first-order valence-electron chi connectivity index (χ1n) is 5.84. The molecule has 0 spiro atoms. The summed E-state index contributed by atoms with van der Waals surface area (Å²) in [6.45, 7) is 1.54. The molecule has 0 unspecified atom stereocenters. The quantitative estimate of drug-likeness (QED) is 0.538. The fourth-order valence-corrected chi connectivity index (χ4v) is 1.58. The van der Waals surface area contributed by atoms with Crippen LogP contribution in [0, 0.1) is 17.6 Å². The summed E-state index contributed by atoms with van der Waals surface area (Å²) in [6, 6.07) is 0.494. The third kappa shape index (κ3) is 4.68. The van der Waals surface area contributed by atoms with Gasteiger partial charge in [0, 0.05) is 40.0 Å². The Bertz CT molecular complexity index is 405. The van der Waals surface area contributed by atoms with Crippen LogP contribution in [0.4, 0.5) is 19.0 Å². The number of methoxy groups -OCH3 is 2. The highest BCUT2D eigenvalue weighted by atomic mass is 19.2. The van der Waals surface area contributed by atoms with Gasteiger partial charge in [0.1, 0.15) is 0 Å². The average Bonchev–Trinajstić information content (AvgIpc) is 2.38. The van der Waals surface area contributed by atoms with Gasteiger partial charge in [-0.05, 0) is 6.42 Å². The zero-order chi connectivity index (χ0) is 14.3. The van der Waals surface area contributed by atoms with Crippen molar-refractivity contribution < 1.29 is 22.6 Å². The second-order valence-corrected chi connectivity index (χ2v) is 3.89. The summed E-state index contributed by atoms with van der Waals surface area (Å²) >= 11 is 0. The lowest BCUT2D eigenvalue weighted by molar-refractivity contribution is 0.190. The minimum Gasteiger partial charge on any atom is -0.385 e. The molecule has 4 nitrogen and oxygen atoms in total. The highest BCUT2D eigenvalue weighted by Gasteiger charge is 2.17. The summed E-state index contributed by atoms with van der Waals surface area (Å²) in [5.41, 5.74) is 0. The van der Waals surface area contributed by atoms with Crippen LogP contribution >= 0.6 is 0 Å². The normalized spacial score (nSPS) is 10.8. The van der Waals surface area contributed by atoms with Gasteiger partial charge < -0.3 is 14.4 Å². The molecule has 0 aliphatic carbocycles. The molecule has 0 aromatic carbocycles.